The summed E-state index contributed by atoms with van der Waals surface area (Å²) in [5.74, 6) is 0.721. The maximum Gasteiger partial charge on any atom is 0.109 e. The zero-order valence-electron chi connectivity index (χ0n) is 10.7. The molecule has 3 heteroatoms. The minimum Gasteiger partial charge on any atom is -1.00 e. The molecule has 1 rings (SSSR count). The number of halogens is 1. The highest BCUT2D eigenvalue weighted by molar-refractivity contribution is 5.02. The SMILES string of the molecule is C[NH2+]CC(O)C1(C)CCC(C)C1(C)C.[Cl-]. The monoisotopic (exact) mass is 235 g/mol. The van der Waals surface area contributed by atoms with Gasteiger partial charge in [0.2, 0.25) is 0 Å². The molecule has 0 amide bonds. The smallest absolute Gasteiger partial charge is 0.109 e. The summed E-state index contributed by atoms with van der Waals surface area (Å²) in [7, 11) is 2.03. The van der Waals surface area contributed by atoms with E-state index in [2.05, 4.69) is 33.0 Å². The molecule has 1 saturated carbocycles. The Morgan fingerprint density at radius 1 is 1.40 bits per heavy atom. The van der Waals surface area contributed by atoms with E-state index in [1.807, 2.05) is 7.05 Å². The summed E-state index contributed by atoms with van der Waals surface area (Å²) in [6, 6.07) is 0. The van der Waals surface area contributed by atoms with Gasteiger partial charge in [-0.1, -0.05) is 27.7 Å². The largest absolute Gasteiger partial charge is 1.00 e. The summed E-state index contributed by atoms with van der Waals surface area (Å²) in [5, 5.41) is 12.3. The van der Waals surface area contributed by atoms with Crippen LogP contribution in [-0.2, 0) is 0 Å². The Morgan fingerprint density at radius 3 is 2.27 bits per heavy atom. The van der Waals surface area contributed by atoms with E-state index in [-0.39, 0.29) is 29.3 Å². The van der Waals surface area contributed by atoms with Crippen LogP contribution < -0.4 is 17.7 Å². The van der Waals surface area contributed by atoms with Crippen LogP contribution in [0.3, 0.4) is 0 Å². The first-order valence-corrected chi connectivity index (χ1v) is 5.82. The predicted molar refractivity (Wildman–Crippen MR) is 59.0 cm³/mol. The molecule has 3 atom stereocenters. The van der Waals surface area contributed by atoms with Crippen LogP contribution in [0.25, 0.3) is 0 Å². The van der Waals surface area contributed by atoms with Gasteiger partial charge in [0.05, 0.1) is 7.05 Å². The molecular formula is C12H26ClNO. The van der Waals surface area contributed by atoms with Crippen LogP contribution in [0.15, 0.2) is 0 Å². The molecule has 3 N–H and O–H groups in total. The van der Waals surface area contributed by atoms with E-state index in [1.165, 1.54) is 6.42 Å². The molecule has 0 aromatic heterocycles. The normalized spacial score (nSPS) is 36.0. The molecule has 0 aromatic rings. The molecule has 0 spiro atoms. The number of hydrogen-bond acceptors (Lipinski definition) is 1. The standard InChI is InChI=1S/C12H25NO.ClH/c1-9-6-7-12(4,11(9,2)3)10(14)8-13-5;/h9-10,13-14H,6-8H2,1-5H3;1H. The topological polar surface area (TPSA) is 36.8 Å². The van der Waals surface area contributed by atoms with Crippen molar-refractivity contribution in [3.8, 4) is 0 Å². The van der Waals surface area contributed by atoms with Crippen LogP contribution in [0.5, 0.6) is 0 Å². The molecule has 0 aliphatic heterocycles. The van der Waals surface area contributed by atoms with Crippen LogP contribution in [0.4, 0.5) is 0 Å². The summed E-state index contributed by atoms with van der Waals surface area (Å²) in [5.41, 5.74) is 0.356. The van der Waals surface area contributed by atoms with E-state index in [4.69, 9.17) is 0 Å². The second-order valence-electron chi connectivity index (χ2n) is 5.74. The van der Waals surface area contributed by atoms with Gasteiger partial charge in [0.25, 0.3) is 0 Å². The van der Waals surface area contributed by atoms with Gasteiger partial charge in [-0.2, -0.15) is 0 Å². The van der Waals surface area contributed by atoms with Crippen LogP contribution in [0.2, 0.25) is 0 Å². The summed E-state index contributed by atoms with van der Waals surface area (Å²) < 4.78 is 0. The molecule has 0 bridgehead atoms. The Bertz CT molecular complexity index is 208. The first-order valence-electron chi connectivity index (χ1n) is 5.82. The molecule has 15 heavy (non-hydrogen) atoms. The van der Waals surface area contributed by atoms with Crippen molar-refractivity contribution < 1.29 is 22.8 Å². The zero-order valence-corrected chi connectivity index (χ0v) is 11.4. The fourth-order valence-corrected chi connectivity index (χ4v) is 2.84. The van der Waals surface area contributed by atoms with Gasteiger partial charge >= 0.3 is 0 Å². The van der Waals surface area contributed by atoms with Crippen LogP contribution in [0, 0.1) is 16.7 Å². The molecule has 0 radical (unpaired) electrons. The minimum absolute atomic E-state index is 0. The van der Waals surface area contributed by atoms with Crippen molar-refractivity contribution in [3.63, 3.8) is 0 Å². The minimum atomic E-state index is -0.174. The third-order valence-electron chi connectivity index (χ3n) is 5.00. The first-order chi connectivity index (χ1) is 6.36. The van der Waals surface area contributed by atoms with Gasteiger partial charge in [-0.25, -0.2) is 0 Å². The van der Waals surface area contributed by atoms with E-state index in [9.17, 15) is 5.11 Å². The number of aliphatic hydroxyl groups excluding tert-OH is 1. The van der Waals surface area contributed by atoms with Crippen LogP contribution >= 0.6 is 0 Å². The third-order valence-corrected chi connectivity index (χ3v) is 5.00. The lowest BCUT2D eigenvalue weighted by molar-refractivity contribution is -0.636. The molecule has 1 aliphatic carbocycles. The number of aliphatic hydroxyl groups is 1. The fraction of sp³-hybridized carbons (Fsp3) is 1.00. The number of hydrogen-bond donors (Lipinski definition) is 2. The van der Waals surface area contributed by atoms with Crippen molar-refractivity contribution in [1.82, 2.24) is 0 Å². The van der Waals surface area contributed by atoms with Gasteiger partial charge in [-0.05, 0) is 24.2 Å². The zero-order chi connectivity index (χ0) is 11.0. The van der Waals surface area contributed by atoms with E-state index in [0.29, 0.717) is 0 Å². The van der Waals surface area contributed by atoms with E-state index >= 15 is 0 Å². The highest BCUT2D eigenvalue weighted by Crippen LogP contribution is 2.57. The lowest BCUT2D eigenvalue weighted by Gasteiger charge is -2.43. The van der Waals surface area contributed by atoms with Crippen LogP contribution in [-0.4, -0.2) is 24.8 Å². The molecule has 3 unspecified atom stereocenters. The average molecular weight is 236 g/mol. The van der Waals surface area contributed by atoms with Gasteiger partial charge in [0.15, 0.2) is 0 Å². The van der Waals surface area contributed by atoms with Gasteiger partial charge in [-0.15, -0.1) is 0 Å². The Morgan fingerprint density at radius 2 is 1.93 bits per heavy atom. The second kappa shape index (κ2) is 5.03. The maximum atomic E-state index is 10.2. The summed E-state index contributed by atoms with van der Waals surface area (Å²) in [4.78, 5) is 0. The van der Waals surface area contributed by atoms with E-state index in [1.54, 1.807) is 0 Å². The van der Waals surface area contributed by atoms with Gasteiger partial charge < -0.3 is 22.8 Å². The molecule has 1 fully saturated rings. The van der Waals surface area contributed by atoms with Gasteiger partial charge in [-0.3, -0.25) is 0 Å². The van der Waals surface area contributed by atoms with Crippen molar-refractivity contribution in [1.29, 1.82) is 0 Å². The van der Waals surface area contributed by atoms with Crippen molar-refractivity contribution in [3.05, 3.63) is 0 Å². The lowest BCUT2D eigenvalue weighted by Crippen LogP contribution is -3.00. The number of rotatable bonds is 3. The summed E-state index contributed by atoms with van der Waals surface area (Å²) in [6.07, 6.45) is 2.24. The highest BCUT2D eigenvalue weighted by Gasteiger charge is 2.53. The number of quaternary nitrogens is 1. The molecule has 0 aromatic carbocycles. The third kappa shape index (κ3) is 2.32. The van der Waals surface area contributed by atoms with Crippen molar-refractivity contribution in [2.45, 2.75) is 46.6 Å². The van der Waals surface area contributed by atoms with Crippen LogP contribution in [0.1, 0.15) is 40.5 Å². The number of nitrogens with two attached hydrogens (primary N) is 1. The Labute approximate surface area is 100 Å². The average Bonchev–Trinajstić information content (AvgIpc) is 2.31. The molecule has 2 nitrogen and oxygen atoms in total. The van der Waals surface area contributed by atoms with Crippen molar-refractivity contribution in [2.24, 2.45) is 16.7 Å². The van der Waals surface area contributed by atoms with Crippen molar-refractivity contribution >= 4 is 0 Å². The van der Waals surface area contributed by atoms with E-state index < -0.39 is 0 Å². The fourth-order valence-electron chi connectivity index (χ4n) is 2.84. The lowest BCUT2D eigenvalue weighted by atomic mass is 9.63. The van der Waals surface area contributed by atoms with Crippen molar-refractivity contribution in [2.75, 3.05) is 13.6 Å². The molecule has 1 aliphatic rings. The second-order valence-corrected chi connectivity index (χ2v) is 5.74. The molecule has 0 heterocycles. The summed E-state index contributed by atoms with van der Waals surface area (Å²) in [6.45, 7) is 10.0. The van der Waals surface area contributed by atoms with Gasteiger partial charge in [0.1, 0.15) is 12.6 Å². The predicted octanol–water partition coefficient (Wildman–Crippen LogP) is -1.99. The molecular weight excluding hydrogens is 210 g/mol. The first kappa shape index (κ1) is 15.2. The maximum absolute atomic E-state index is 10.2. The van der Waals surface area contributed by atoms with E-state index in [0.717, 1.165) is 18.9 Å². The highest BCUT2D eigenvalue weighted by atomic mass is 35.5. The molecule has 0 saturated heterocycles. The molecule has 92 valence electrons. The Kier molecular flexibility index (Phi) is 5.10. The number of likely N-dealkylation sites (N-methyl/N-ethyl adjacent to an activating group) is 1. The van der Waals surface area contributed by atoms with Gasteiger partial charge in [0, 0.05) is 5.41 Å². The quantitative estimate of drug-likeness (QED) is 0.584. The Balaban J connectivity index is 0.00000196. The Hall–Kier alpha value is 0.210. The summed E-state index contributed by atoms with van der Waals surface area (Å²) >= 11 is 0.